The Morgan fingerprint density at radius 2 is 2.33 bits per heavy atom. The quantitative estimate of drug-likeness (QED) is 0.802. The van der Waals surface area contributed by atoms with Gasteiger partial charge in [-0.1, -0.05) is 6.92 Å². The minimum absolute atomic E-state index is 0.107. The zero-order valence-electron chi connectivity index (χ0n) is 10.3. The average Bonchev–Trinajstić information content (AvgIpc) is 2.73. The van der Waals surface area contributed by atoms with Gasteiger partial charge in [0.05, 0.1) is 21.7 Å². The number of rotatable bonds is 4. The molecule has 1 atom stereocenters. The van der Waals surface area contributed by atoms with Crippen LogP contribution >= 0.6 is 27.3 Å². The number of ether oxygens (including phenoxy) is 1. The lowest BCUT2D eigenvalue weighted by Gasteiger charge is -2.08. The van der Waals surface area contributed by atoms with Gasteiger partial charge in [0.2, 0.25) is 0 Å². The van der Waals surface area contributed by atoms with Gasteiger partial charge in [0.25, 0.3) is 0 Å². The van der Waals surface area contributed by atoms with Gasteiger partial charge in [-0.25, -0.2) is 0 Å². The lowest BCUT2D eigenvalue weighted by atomic mass is 10.1. The smallest absolute Gasteiger partial charge is 0.309 e. The van der Waals surface area contributed by atoms with Crippen LogP contribution in [0.5, 0.6) is 0 Å². The molecular formula is C13H14BrNO2S. The SMILES string of the molecule is CCOC(=O)C(C)Cc1cc2cncc(Br)c2s1. The van der Waals surface area contributed by atoms with E-state index in [1.165, 1.54) is 9.58 Å². The summed E-state index contributed by atoms with van der Waals surface area (Å²) in [5.74, 6) is -0.239. The van der Waals surface area contributed by atoms with Crippen LogP contribution in [0.1, 0.15) is 18.7 Å². The van der Waals surface area contributed by atoms with Crippen molar-refractivity contribution < 1.29 is 9.53 Å². The predicted molar refractivity (Wildman–Crippen MR) is 76.8 cm³/mol. The predicted octanol–water partition coefficient (Wildman–Crippen LogP) is 3.80. The molecular weight excluding hydrogens is 314 g/mol. The van der Waals surface area contributed by atoms with Crippen molar-refractivity contribution in [3.63, 3.8) is 0 Å². The van der Waals surface area contributed by atoms with Crippen molar-refractivity contribution in [3.8, 4) is 0 Å². The van der Waals surface area contributed by atoms with Crippen LogP contribution in [-0.2, 0) is 16.0 Å². The van der Waals surface area contributed by atoms with E-state index in [0.717, 1.165) is 9.86 Å². The van der Waals surface area contributed by atoms with Crippen molar-refractivity contribution in [3.05, 3.63) is 27.8 Å². The highest BCUT2D eigenvalue weighted by molar-refractivity contribution is 9.10. The van der Waals surface area contributed by atoms with Gasteiger partial charge in [-0.3, -0.25) is 9.78 Å². The Kier molecular flexibility index (Phi) is 4.35. The maximum Gasteiger partial charge on any atom is 0.309 e. The van der Waals surface area contributed by atoms with Crippen LogP contribution in [0.2, 0.25) is 0 Å². The Labute approximate surface area is 118 Å². The van der Waals surface area contributed by atoms with Gasteiger partial charge in [0.1, 0.15) is 0 Å². The molecule has 0 N–H and O–H groups in total. The minimum atomic E-state index is -0.132. The Morgan fingerprint density at radius 3 is 3.00 bits per heavy atom. The van der Waals surface area contributed by atoms with Gasteiger partial charge in [0, 0.05) is 22.7 Å². The second-order valence-corrected chi connectivity index (χ2v) is 6.10. The molecule has 2 heterocycles. The molecule has 0 radical (unpaired) electrons. The molecule has 0 amide bonds. The zero-order chi connectivity index (χ0) is 13.1. The van der Waals surface area contributed by atoms with E-state index in [0.29, 0.717) is 13.0 Å². The van der Waals surface area contributed by atoms with Crippen LogP contribution in [0.4, 0.5) is 0 Å². The van der Waals surface area contributed by atoms with E-state index in [2.05, 4.69) is 27.0 Å². The highest BCUT2D eigenvalue weighted by Crippen LogP contribution is 2.32. The fraction of sp³-hybridized carbons (Fsp3) is 0.385. The number of carbonyl (C=O) groups is 1. The molecule has 2 aromatic rings. The number of halogens is 1. The molecule has 1 unspecified atom stereocenters. The molecule has 3 nitrogen and oxygen atoms in total. The summed E-state index contributed by atoms with van der Waals surface area (Å²) in [4.78, 5) is 16.9. The second-order valence-electron chi connectivity index (χ2n) is 4.11. The van der Waals surface area contributed by atoms with E-state index in [4.69, 9.17) is 4.74 Å². The lowest BCUT2D eigenvalue weighted by molar-refractivity contribution is -0.147. The van der Waals surface area contributed by atoms with Crippen molar-refractivity contribution in [2.45, 2.75) is 20.3 Å². The zero-order valence-corrected chi connectivity index (χ0v) is 12.7. The van der Waals surface area contributed by atoms with E-state index >= 15 is 0 Å². The molecule has 18 heavy (non-hydrogen) atoms. The Hall–Kier alpha value is -0.940. The summed E-state index contributed by atoms with van der Waals surface area (Å²) in [6, 6.07) is 2.09. The Bertz CT molecular complexity index is 567. The van der Waals surface area contributed by atoms with Crippen LogP contribution in [0.25, 0.3) is 10.1 Å². The number of hydrogen-bond donors (Lipinski definition) is 0. The fourth-order valence-electron chi connectivity index (χ4n) is 1.75. The number of carbonyl (C=O) groups excluding carboxylic acids is 1. The van der Waals surface area contributed by atoms with E-state index in [9.17, 15) is 4.79 Å². The number of pyridine rings is 1. The molecule has 5 heteroatoms. The minimum Gasteiger partial charge on any atom is -0.466 e. The first-order valence-electron chi connectivity index (χ1n) is 5.80. The van der Waals surface area contributed by atoms with E-state index < -0.39 is 0 Å². The van der Waals surface area contributed by atoms with Crippen molar-refractivity contribution >= 4 is 43.3 Å². The number of thiophene rings is 1. The van der Waals surface area contributed by atoms with Crippen molar-refractivity contribution in [1.29, 1.82) is 0 Å². The number of nitrogens with zero attached hydrogens (tertiary/aromatic N) is 1. The molecule has 0 aliphatic carbocycles. The van der Waals surface area contributed by atoms with Gasteiger partial charge in [-0.15, -0.1) is 11.3 Å². The van der Waals surface area contributed by atoms with Crippen LogP contribution < -0.4 is 0 Å². The van der Waals surface area contributed by atoms with Crippen LogP contribution in [-0.4, -0.2) is 17.6 Å². The molecule has 2 aromatic heterocycles. The fourth-order valence-corrected chi connectivity index (χ4v) is 3.50. The summed E-state index contributed by atoms with van der Waals surface area (Å²) in [6.07, 6.45) is 4.34. The van der Waals surface area contributed by atoms with Gasteiger partial charge >= 0.3 is 5.97 Å². The summed E-state index contributed by atoms with van der Waals surface area (Å²) in [5, 5.41) is 1.11. The average molecular weight is 328 g/mol. The van der Waals surface area contributed by atoms with Gasteiger partial charge in [0.15, 0.2) is 0 Å². The number of hydrogen-bond acceptors (Lipinski definition) is 4. The third-order valence-corrected chi connectivity index (χ3v) is 4.70. The third-order valence-electron chi connectivity index (χ3n) is 2.63. The highest BCUT2D eigenvalue weighted by atomic mass is 79.9. The molecule has 0 spiro atoms. The lowest BCUT2D eigenvalue weighted by Crippen LogP contribution is -2.16. The summed E-state index contributed by atoms with van der Waals surface area (Å²) in [7, 11) is 0. The molecule has 0 fully saturated rings. The van der Waals surface area contributed by atoms with E-state index in [-0.39, 0.29) is 11.9 Å². The first kappa shape index (κ1) is 13.5. The van der Waals surface area contributed by atoms with Crippen LogP contribution in [0.3, 0.4) is 0 Å². The summed E-state index contributed by atoms with van der Waals surface area (Å²) < 4.78 is 7.19. The van der Waals surface area contributed by atoms with Crippen molar-refractivity contribution in [2.75, 3.05) is 6.61 Å². The molecule has 0 bridgehead atoms. The topological polar surface area (TPSA) is 39.2 Å². The number of fused-ring (bicyclic) bond motifs is 1. The highest BCUT2D eigenvalue weighted by Gasteiger charge is 2.16. The first-order valence-corrected chi connectivity index (χ1v) is 7.41. The largest absolute Gasteiger partial charge is 0.466 e. The molecule has 0 aliphatic heterocycles. The second kappa shape index (κ2) is 5.80. The van der Waals surface area contributed by atoms with Crippen molar-refractivity contribution in [2.24, 2.45) is 5.92 Å². The normalized spacial score (nSPS) is 12.6. The Morgan fingerprint density at radius 1 is 1.56 bits per heavy atom. The number of aromatic nitrogens is 1. The molecule has 0 aromatic carbocycles. The standard InChI is InChI=1S/C13H14BrNO2S/c1-3-17-13(16)8(2)4-10-5-9-6-15-7-11(14)12(9)18-10/h5-8H,3-4H2,1-2H3. The van der Waals surface area contributed by atoms with Crippen LogP contribution in [0, 0.1) is 5.92 Å². The third kappa shape index (κ3) is 2.90. The first-order chi connectivity index (χ1) is 8.61. The monoisotopic (exact) mass is 327 g/mol. The van der Waals surface area contributed by atoms with Gasteiger partial charge in [-0.05, 0) is 35.3 Å². The van der Waals surface area contributed by atoms with Crippen molar-refractivity contribution in [1.82, 2.24) is 4.98 Å². The molecule has 2 rings (SSSR count). The van der Waals surface area contributed by atoms with Gasteiger partial charge < -0.3 is 4.74 Å². The van der Waals surface area contributed by atoms with Gasteiger partial charge in [-0.2, -0.15) is 0 Å². The summed E-state index contributed by atoms with van der Waals surface area (Å²) >= 11 is 5.18. The molecule has 0 saturated heterocycles. The molecule has 0 aliphatic rings. The Balaban J connectivity index is 2.17. The summed E-state index contributed by atoms with van der Waals surface area (Å²) in [6.45, 7) is 4.16. The maximum absolute atomic E-state index is 11.6. The molecule has 96 valence electrons. The number of esters is 1. The van der Waals surface area contributed by atoms with E-state index in [1.807, 2.05) is 20.0 Å². The van der Waals surface area contributed by atoms with E-state index in [1.54, 1.807) is 17.5 Å². The maximum atomic E-state index is 11.6. The molecule has 0 saturated carbocycles. The van der Waals surface area contributed by atoms with Crippen LogP contribution in [0.15, 0.2) is 22.9 Å². The summed E-state index contributed by atoms with van der Waals surface area (Å²) in [5.41, 5.74) is 0.